The number of carbonyl (C=O) groups is 1. The Morgan fingerprint density at radius 1 is 1.41 bits per heavy atom. The summed E-state index contributed by atoms with van der Waals surface area (Å²) >= 11 is 0. The number of benzene rings is 1. The fourth-order valence-corrected chi connectivity index (χ4v) is 2.24. The summed E-state index contributed by atoms with van der Waals surface area (Å²) in [6.45, 7) is 0.635. The molecule has 3 nitrogen and oxygen atoms in total. The van der Waals surface area contributed by atoms with Crippen molar-refractivity contribution >= 4 is 11.5 Å². The highest BCUT2D eigenvalue weighted by Crippen LogP contribution is 2.46. The van der Waals surface area contributed by atoms with Gasteiger partial charge < -0.3 is 9.47 Å². The molecule has 0 radical (unpaired) electrons. The lowest BCUT2D eigenvalue weighted by atomic mass is 9.96. The molecule has 0 bridgehead atoms. The molecule has 1 aromatic carbocycles. The smallest absolute Gasteiger partial charge is 0.337 e. The standard InChI is InChI=1S/C14H14O3/c1-16-14(15)10-4-5-13-12(8-10)11(6-7-17-13)9-2-3-9/h4-6,8-9H,2-3,7H2,1H3. The predicted molar refractivity (Wildman–Crippen MR) is 64.0 cm³/mol. The van der Waals surface area contributed by atoms with Gasteiger partial charge in [0.1, 0.15) is 12.4 Å². The largest absolute Gasteiger partial charge is 0.489 e. The maximum atomic E-state index is 11.5. The SMILES string of the molecule is COC(=O)c1ccc2c(c1)C(C1CC1)=CCO2. The van der Waals surface area contributed by atoms with Gasteiger partial charge in [-0.15, -0.1) is 0 Å². The molecular formula is C14H14O3. The second kappa shape index (κ2) is 3.91. The lowest BCUT2D eigenvalue weighted by molar-refractivity contribution is 0.0600. The highest BCUT2D eigenvalue weighted by Gasteiger charge is 2.30. The molecule has 88 valence electrons. The lowest BCUT2D eigenvalue weighted by Gasteiger charge is -2.19. The van der Waals surface area contributed by atoms with Gasteiger partial charge in [-0.25, -0.2) is 4.79 Å². The zero-order valence-electron chi connectivity index (χ0n) is 9.73. The molecule has 0 atom stereocenters. The zero-order chi connectivity index (χ0) is 11.8. The number of allylic oxidation sites excluding steroid dienone is 1. The third kappa shape index (κ3) is 1.82. The van der Waals surface area contributed by atoms with Crippen LogP contribution >= 0.6 is 0 Å². The van der Waals surface area contributed by atoms with Crippen LogP contribution in [0.2, 0.25) is 0 Å². The first-order valence-corrected chi connectivity index (χ1v) is 5.85. The molecule has 0 amide bonds. The fourth-order valence-electron chi connectivity index (χ4n) is 2.24. The Labute approximate surface area is 100 Å². The topological polar surface area (TPSA) is 35.5 Å². The third-order valence-electron chi connectivity index (χ3n) is 3.27. The summed E-state index contributed by atoms with van der Waals surface area (Å²) in [6, 6.07) is 5.49. The van der Waals surface area contributed by atoms with Gasteiger partial charge in [-0.3, -0.25) is 0 Å². The summed E-state index contributed by atoms with van der Waals surface area (Å²) in [5.41, 5.74) is 2.97. The van der Waals surface area contributed by atoms with Gasteiger partial charge in [0.25, 0.3) is 0 Å². The molecule has 1 fully saturated rings. The van der Waals surface area contributed by atoms with Gasteiger partial charge in [0, 0.05) is 5.56 Å². The predicted octanol–water partition coefficient (Wildman–Crippen LogP) is 2.66. The van der Waals surface area contributed by atoms with E-state index in [0.717, 1.165) is 11.3 Å². The molecule has 0 aromatic heterocycles. The molecule has 0 N–H and O–H groups in total. The molecule has 0 saturated heterocycles. The van der Waals surface area contributed by atoms with Crippen molar-refractivity contribution in [2.75, 3.05) is 13.7 Å². The number of carbonyl (C=O) groups excluding carboxylic acids is 1. The van der Waals surface area contributed by atoms with Crippen LogP contribution in [-0.2, 0) is 4.74 Å². The number of ether oxygens (including phenoxy) is 2. The Balaban J connectivity index is 2.03. The number of hydrogen-bond acceptors (Lipinski definition) is 3. The maximum absolute atomic E-state index is 11.5. The molecule has 3 heteroatoms. The summed E-state index contributed by atoms with van der Waals surface area (Å²) in [6.07, 6.45) is 4.61. The Morgan fingerprint density at radius 3 is 2.94 bits per heavy atom. The van der Waals surface area contributed by atoms with E-state index in [0.29, 0.717) is 18.1 Å². The number of hydrogen-bond donors (Lipinski definition) is 0. The first-order chi connectivity index (χ1) is 8.29. The molecule has 17 heavy (non-hydrogen) atoms. The Morgan fingerprint density at radius 2 is 2.24 bits per heavy atom. The monoisotopic (exact) mass is 230 g/mol. The molecule has 1 aliphatic carbocycles. The van der Waals surface area contributed by atoms with E-state index in [1.165, 1.54) is 25.5 Å². The van der Waals surface area contributed by atoms with Crippen molar-refractivity contribution < 1.29 is 14.3 Å². The van der Waals surface area contributed by atoms with Crippen molar-refractivity contribution in [1.82, 2.24) is 0 Å². The number of rotatable bonds is 2. The quantitative estimate of drug-likeness (QED) is 0.733. The van der Waals surface area contributed by atoms with Crippen LogP contribution in [0.1, 0.15) is 28.8 Å². The molecule has 1 aromatic rings. The van der Waals surface area contributed by atoms with Gasteiger partial charge in [-0.2, -0.15) is 0 Å². The van der Waals surface area contributed by atoms with Crippen LogP contribution in [0, 0.1) is 5.92 Å². The van der Waals surface area contributed by atoms with Crippen molar-refractivity contribution in [3.63, 3.8) is 0 Å². The first-order valence-electron chi connectivity index (χ1n) is 5.85. The normalized spacial score (nSPS) is 17.8. The van der Waals surface area contributed by atoms with E-state index in [1.807, 2.05) is 12.1 Å². The zero-order valence-corrected chi connectivity index (χ0v) is 9.73. The lowest BCUT2D eigenvalue weighted by Crippen LogP contribution is -2.08. The van der Waals surface area contributed by atoms with Crippen molar-refractivity contribution in [3.8, 4) is 5.75 Å². The highest BCUT2D eigenvalue weighted by atomic mass is 16.5. The fraction of sp³-hybridized carbons (Fsp3) is 0.357. The van der Waals surface area contributed by atoms with Gasteiger partial charge in [0.15, 0.2) is 0 Å². The van der Waals surface area contributed by atoms with Crippen LogP contribution in [0.4, 0.5) is 0 Å². The van der Waals surface area contributed by atoms with Crippen molar-refractivity contribution in [3.05, 3.63) is 35.4 Å². The van der Waals surface area contributed by atoms with E-state index < -0.39 is 0 Å². The molecular weight excluding hydrogens is 216 g/mol. The van der Waals surface area contributed by atoms with E-state index in [4.69, 9.17) is 9.47 Å². The van der Waals surface area contributed by atoms with Crippen LogP contribution in [0.3, 0.4) is 0 Å². The summed E-state index contributed by atoms with van der Waals surface area (Å²) in [4.78, 5) is 11.5. The first kappa shape index (κ1) is 10.4. The summed E-state index contributed by atoms with van der Waals surface area (Å²) < 4.78 is 10.3. The highest BCUT2D eigenvalue weighted by molar-refractivity contribution is 5.91. The molecule has 2 aliphatic rings. The van der Waals surface area contributed by atoms with Crippen LogP contribution in [-0.4, -0.2) is 19.7 Å². The van der Waals surface area contributed by atoms with E-state index in [9.17, 15) is 4.79 Å². The molecule has 1 heterocycles. The van der Waals surface area contributed by atoms with Gasteiger partial charge in [-0.05, 0) is 48.6 Å². The molecule has 0 spiro atoms. The number of methoxy groups -OCH3 is 1. The molecule has 3 rings (SSSR count). The van der Waals surface area contributed by atoms with Crippen LogP contribution in [0.15, 0.2) is 24.3 Å². The van der Waals surface area contributed by atoms with Gasteiger partial charge >= 0.3 is 5.97 Å². The van der Waals surface area contributed by atoms with Gasteiger partial charge in [0.05, 0.1) is 12.7 Å². The van der Waals surface area contributed by atoms with E-state index in [1.54, 1.807) is 6.07 Å². The minimum absolute atomic E-state index is 0.298. The minimum Gasteiger partial charge on any atom is -0.489 e. The number of fused-ring (bicyclic) bond motifs is 1. The van der Waals surface area contributed by atoms with E-state index >= 15 is 0 Å². The van der Waals surface area contributed by atoms with E-state index in [-0.39, 0.29) is 5.97 Å². The third-order valence-corrected chi connectivity index (χ3v) is 3.27. The second-order valence-electron chi connectivity index (χ2n) is 4.45. The van der Waals surface area contributed by atoms with Crippen molar-refractivity contribution in [1.29, 1.82) is 0 Å². The van der Waals surface area contributed by atoms with E-state index in [2.05, 4.69) is 6.08 Å². The van der Waals surface area contributed by atoms with Crippen molar-refractivity contribution in [2.45, 2.75) is 12.8 Å². The summed E-state index contributed by atoms with van der Waals surface area (Å²) in [7, 11) is 1.40. The average molecular weight is 230 g/mol. The Bertz CT molecular complexity index is 498. The Hall–Kier alpha value is -1.77. The maximum Gasteiger partial charge on any atom is 0.337 e. The minimum atomic E-state index is -0.298. The second-order valence-corrected chi connectivity index (χ2v) is 4.45. The van der Waals surface area contributed by atoms with Crippen molar-refractivity contribution in [2.24, 2.45) is 5.92 Å². The van der Waals surface area contributed by atoms with Gasteiger partial charge in [-0.1, -0.05) is 0 Å². The van der Waals surface area contributed by atoms with Gasteiger partial charge in [0.2, 0.25) is 0 Å². The molecule has 1 saturated carbocycles. The van der Waals surface area contributed by atoms with Crippen LogP contribution in [0.5, 0.6) is 5.75 Å². The Kier molecular flexibility index (Phi) is 2.39. The molecule has 1 aliphatic heterocycles. The summed E-state index contributed by atoms with van der Waals surface area (Å²) in [5, 5.41) is 0. The van der Waals surface area contributed by atoms with Crippen LogP contribution in [0.25, 0.3) is 5.57 Å². The van der Waals surface area contributed by atoms with Crippen LogP contribution < -0.4 is 4.74 Å². The average Bonchev–Trinajstić information content (AvgIpc) is 3.20. The molecule has 0 unspecified atom stereocenters. The number of esters is 1. The summed E-state index contributed by atoms with van der Waals surface area (Å²) in [5.74, 6) is 1.24.